The van der Waals surface area contributed by atoms with Crippen molar-refractivity contribution in [2.24, 2.45) is 0 Å². The lowest BCUT2D eigenvalue weighted by Gasteiger charge is -2.22. The molecule has 0 amide bonds. The number of aldehydes is 1. The van der Waals surface area contributed by atoms with E-state index in [-0.39, 0.29) is 22.4 Å². The minimum atomic E-state index is -0.743. The number of nitrogen functional groups attached to an aromatic ring is 1. The van der Waals surface area contributed by atoms with Gasteiger partial charge < -0.3 is 15.2 Å². The number of carbonyl (C=O) groups is 3. The molecule has 0 spiro atoms. The van der Waals surface area contributed by atoms with Gasteiger partial charge in [0.25, 0.3) is 0 Å². The Morgan fingerprint density at radius 2 is 1.79 bits per heavy atom. The monoisotopic (exact) mass is 354 g/mol. The Balaban J connectivity index is 3.61. The summed E-state index contributed by atoms with van der Waals surface area (Å²) in [7, 11) is 4.72. The molecule has 7 nitrogen and oxygen atoms in total. The van der Waals surface area contributed by atoms with Gasteiger partial charge in [-0.15, -0.1) is 0 Å². The maximum absolute atomic E-state index is 12.4. The highest BCUT2D eigenvalue weighted by Gasteiger charge is 2.27. The molecule has 0 radical (unpaired) electrons. The molecule has 1 rings (SSSR count). The van der Waals surface area contributed by atoms with Crippen LogP contribution in [-0.4, -0.2) is 49.3 Å². The molecule has 0 aliphatic rings. The van der Waals surface area contributed by atoms with Gasteiger partial charge in [-0.3, -0.25) is 9.10 Å². The zero-order valence-electron chi connectivity index (χ0n) is 14.6. The Morgan fingerprint density at radius 1 is 1.21 bits per heavy atom. The van der Waals surface area contributed by atoms with Crippen molar-refractivity contribution in [1.82, 2.24) is 4.31 Å². The van der Waals surface area contributed by atoms with Crippen molar-refractivity contribution in [2.75, 3.05) is 26.9 Å². The molecular weight excluding hydrogens is 332 g/mol. The second-order valence-corrected chi connectivity index (χ2v) is 7.46. The number of ether oxygens (including phenoxy) is 2. The zero-order valence-corrected chi connectivity index (χ0v) is 15.4. The van der Waals surface area contributed by atoms with Crippen molar-refractivity contribution in [3.05, 3.63) is 22.8 Å². The van der Waals surface area contributed by atoms with E-state index < -0.39 is 17.5 Å². The van der Waals surface area contributed by atoms with E-state index in [0.29, 0.717) is 11.2 Å². The molecule has 0 heterocycles. The average molecular weight is 354 g/mol. The number of hydrogen-bond acceptors (Lipinski definition) is 8. The topological polar surface area (TPSA) is 98.9 Å². The Morgan fingerprint density at radius 3 is 2.21 bits per heavy atom. The molecule has 8 heteroatoms. The van der Waals surface area contributed by atoms with Gasteiger partial charge in [-0.25, -0.2) is 9.59 Å². The van der Waals surface area contributed by atoms with Crippen molar-refractivity contribution in [3.63, 3.8) is 0 Å². The van der Waals surface area contributed by atoms with E-state index in [1.807, 2.05) is 0 Å². The smallest absolute Gasteiger partial charge is 0.340 e. The van der Waals surface area contributed by atoms with Crippen molar-refractivity contribution in [2.45, 2.75) is 31.3 Å². The summed E-state index contributed by atoms with van der Waals surface area (Å²) in [5.41, 5.74) is 5.30. The van der Waals surface area contributed by atoms with E-state index in [1.165, 1.54) is 13.2 Å². The van der Waals surface area contributed by atoms with Gasteiger partial charge in [0.05, 0.1) is 34.4 Å². The van der Waals surface area contributed by atoms with Gasteiger partial charge in [0.2, 0.25) is 0 Å². The first-order chi connectivity index (χ1) is 11.0. The van der Waals surface area contributed by atoms with Crippen LogP contribution in [0.5, 0.6) is 0 Å². The Kier molecular flexibility index (Phi) is 6.39. The first kappa shape index (κ1) is 20.0. The number of nitrogens with zero attached hydrogens (tertiary/aromatic N) is 1. The number of nitrogens with two attached hydrogens (primary N) is 1. The molecule has 0 unspecified atom stereocenters. The van der Waals surface area contributed by atoms with Crippen LogP contribution in [0.3, 0.4) is 0 Å². The third kappa shape index (κ3) is 4.72. The van der Waals surface area contributed by atoms with Gasteiger partial charge in [0.1, 0.15) is 5.60 Å². The summed E-state index contributed by atoms with van der Waals surface area (Å²) in [5.74, 6) is -1.39. The second kappa shape index (κ2) is 7.67. The molecule has 1 aromatic carbocycles. The molecule has 1 aromatic rings. The van der Waals surface area contributed by atoms with E-state index in [4.69, 9.17) is 15.2 Å². The molecule has 0 bridgehead atoms. The third-order valence-corrected chi connectivity index (χ3v) is 3.76. The maximum atomic E-state index is 12.4. The van der Waals surface area contributed by atoms with E-state index in [2.05, 4.69) is 0 Å². The molecule has 0 aliphatic carbocycles. The number of anilines is 1. The van der Waals surface area contributed by atoms with Gasteiger partial charge in [0, 0.05) is 0 Å². The Labute approximate surface area is 145 Å². The van der Waals surface area contributed by atoms with E-state index >= 15 is 0 Å². The number of rotatable bonds is 5. The minimum absolute atomic E-state index is 0.0312. The molecule has 0 fully saturated rings. The standard InChI is InChI=1S/C16H22N2O5S/c1-16(2,3)23-15(21)9-7-10(14(20)22-6)13(24-18(4)5)11(8-19)12(9)17/h7-8H,17H2,1-6H3. The van der Waals surface area contributed by atoms with Gasteiger partial charge in [0.15, 0.2) is 6.29 Å². The lowest BCUT2D eigenvalue weighted by molar-refractivity contribution is 0.00707. The van der Waals surface area contributed by atoms with Crippen molar-refractivity contribution in [3.8, 4) is 0 Å². The zero-order chi connectivity index (χ0) is 18.7. The second-order valence-electron chi connectivity index (χ2n) is 6.14. The molecular formula is C16H22N2O5S. The van der Waals surface area contributed by atoms with E-state index in [9.17, 15) is 14.4 Å². The molecule has 132 valence electrons. The largest absolute Gasteiger partial charge is 0.465 e. The summed E-state index contributed by atoms with van der Waals surface area (Å²) >= 11 is 1.14. The van der Waals surface area contributed by atoms with Crippen LogP contribution in [0.15, 0.2) is 11.0 Å². The van der Waals surface area contributed by atoms with Crippen LogP contribution in [0.25, 0.3) is 0 Å². The number of methoxy groups -OCH3 is 1. The number of carbonyl (C=O) groups excluding carboxylic acids is 3. The fourth-order valence-corrected chi connectivity index (χ4v) is 2.72. The molecule has 0 aliphatic heterocycles. The van der Waals surface area contributed by atoms with Gasteiger partial charge in [-0.05, 0) is 52.9 Å². The van der Waals surface area contributed by atoms with Crippen LogP contribution in [-0.2, 0) is 9.47 Å². The van der Waals surface area contributed by atoms with E-state index in [0.717, 1.165) is 11.9 Å². The fourth-order valence-electron chi connectivity index (χ4n) is 1.86. The maximum Gasteiger partial charge on any atom is 0.340 e. The Bertz CT molecular complexity index is 665. The summed E-state index contributed by atoms with van der Waals surface area (Å²) in [4.78, 5) is 36.3. The highest BCUT2D eigenvalue weighted by molar-refractivity contribution is 7.97. The summed E-state index contributed by atoms with van der Waals surface area (Å²) in [6.07, 6.45) is 0.515. The van der Waals surface area contributed by atoms with Gasteiger partial charge in [-0.1, -0.05) is 0 Å². The minimum Gasteiger partial charge on any atom is -0.465 e. The van der Waals surface area contributed by atoms with Crippen LogP contribution in [0.4, 0.5) is 5.69 Å². The Hall–Kier alpha value is -2.06. The SMILES string of the molecule is COC(=O)c1cc(C(=O)OC(C)(C)C)c(N)c(C=O)c1SN(C)C. The van der Waals surface area contributed by atoms with Crippen LogP contribution in [0.2, 0.25) is 0 Å². The summed E-state index contributed by atoms with van der Waals surface area (Å²) in [6, 6.07) is 1.30. The van der Waals surface area contributed by atoms with Crippen molar-refractivity contribution < 1.29 is 23.9 Å². The highest BCUT2D eigenvalue weighted by atomic mass is 32.2. The first-order valence-corrected chi connectivity index (χ1v) is 7.87. The average Bonchev–Trinajstić information content (AvgIpc) is 2.44. The number of benzene rings is 1. The van der Waals surface area contributed by atoms with Gasteiger partial charge in [-0.2, -0.15) is 0 Å². The summed E-state index contributed by atoms with van der Waals surface area (Å²) < 4.78 is 11.7. The van der Waals surface area contributed by atoms with Gasteiger partial charge >= 0.3 is 11.9 Å². The summed E-state index contributed by atoms with van der Waals surface area (Å²) in [6.45, 7) is 5.12. The van der Waals surface area contributed by atoms with Crippen molar-refractivity contribution >= 4 is 35.9 Å². The molecule has 0 saturated heterocycles. The third-order valence-electron chi connectivity index (χ3n) is 2.77. The fraction of sp³-hybridized carbons (Fsp3) is 0.438. The summed E-state index contributed by atoms with van der Waals surface area (Å²) in [5, 5.41) is 0. The van der Waals surface area contributed by atoms with Crippen molar-refractivity contribution in [1.29, 1.82) is 0 Å². The van der Waals surface area contributed by atoms with Crippen LogP contribution in [0.1, 0.15) is 51.8 Å². The molecule has 0 saturated carbocycles. The molecule has 0 aromatic heterocycles. The highest BCUT2D eigenvalue weighted by Crippen LogP contribution is 2.34. The van der Waals surface area contributed by atoms with E-state index in [1.54, 1.807) is 39.2 Å². The van der Waals surface area contributed by atoms with Crippen LogP contribution < -0.4 is 5.73 Å². The quantitative estimate of drug-likeness (QED) is 0.372. The molecule has 2 N–H and O–H groups in total. The lowest BCUT2D eigenvalue weighted by atomic mass is 10.0. The first-order valence-electron chi connectivity index (χ1n) is 7.10. The normalized spacial score (nSPS) is 11.3. The molecule has 0 atom stereocenters. The predicted octanol–water partition coefficient (Wildman–Crippen LogP) is 2.39. The number of hydrogen-bond donors (Lipinski definition) is 1. The number of esters is 2. The molecule has 24 heavy (non-hydrogen) atoms. The van der Waals surface area contributed by atoms with Crippen LogP contribution in [0, 0.1) is 0 Å². The van der Waals surface area contributed by atoms with Crippen LogP contribution >= 0.6 is 11.9 Å². The predicted molar refractivity (Wildman–Crippen MR) is 92.3 cm³/mol. The lowest BCUT2D eigenvalue weighted by Crippen LogP contribution is -2.25.